The minimum absolute atomic E-state index is 0.0248. The summed E-state index contributed by atoms with van der Waals surface area (Å²) in [7, 11) is 1.68. The predicted molar refractivity (Wildman–Crippen MR) is 121 cm³/mol. The Hall–Kier alpha value is -2.77. The largest absolute Gasteiger partial charge is 0.372 e. The summed E-state index contributed by atoms with van der Waals surface area (Å²) < 4.78 is 6.00. The topological polar surface area (TPSA) is 74.8 Å². The Bertz CT molecular complexity index is 874. The molecular weight excluding hydrogens is 392 g/mol. The van der Waals surface area contributed by atoms with E-state index in [0.29, 0.717) is 13.2 Å². The van der Waals surface area contributed by atoms with Crippen LogP contribution in [0, 0.1) is 0 Å². The van der Waals surface area contributed by atoms with Crippen molar-refractivity contribution in [3.8, 4) is 0 Å². The number of aryl methyl sites for hydroxylation is 1. The van der Waals surface area contributed by atoms with E-state index >= 15 is 0 Å². The van der Waals surface area contributed by atoms with E-state index in [1.54, 1.807) is 19.4 Å². The number of para-hydroxylation sites is 1. The summed E-state index contributed by atoms with van der Waals surface area (Å²) in [5.74, 6) is -0.252. The van der Waals surface area contributed by atoms with Crippen molar-refractivity contribution in [1.29, 1.82) is 0 Å². The summed E-state index contributed by atoms with van der Waals surface area (Å²) in [5.41, 5.74) is 2.97. The summed E-state index contributed by atoms with van der Waals surface area (Å²) in [4.78, 5) is 33.0. The summed E-state index contributed by atoms with van der Waals surface area (Å²) >= 11 is 0. The Kier molecular flexibility index (Phi) is 8.14. The number of hydrogen-bond acceptors (Lipinski definition) is 5. The van der Waals surface area contributed by atoms with Gasteiger partial charge in [-0.05, 0) is 49.1 Å². The van der Waals surface area contributed by atoms with Crippen molar-refractivity contribution >= 4 is 17.5 Å². The Labute approximate surface area is 184 Å². The molecule has 1 fully saturated rings. The van der Waals surface area contributed by atoms with Crippen molar-refractivity contribution in [3.05, 3.63) is 59.9 Å². The summed E-state index contributed by atoms with van der Waals surface area (Å²) in [5, 5.41) is 2.92. The lowest BCUT2D eigenvalue weighted by atomic mass is 10.1. The highest BCUT2D eigenvalue weighted by molar-refractivity contribution is 5.95. The van der Waals surface area contributed by atoms with Crippen molar-refractivity contribution in [2.24, 2.45) is 0 Å². The van der Waals surface area contributed by atoms with Gasteiger partial charge in [-0.15, -0.1) is 0 Å². The molecule has 1 saturated heterocycles. The van der Waals surface area contributed by atoms with Gasteiger partial charge >= 0.3 is 0 Å². The van der Waals surface area contributed by atoms with E-state index < -0.39 is 0 Å². The number of amides is 2. The second-order valence-electron chi connectivity index (χ2n) is 8.00. The van der Waals surface area contributed by atoms with E-state index in [2.05, 4.69) is 15.2 Å². The van der Waals surface area contributed by atoms with Gasteiger partial charge < -0.3 is 15.0 Å². The van der Waals surface area contributed by atoms with Gasteiger partial charge in [-0.1, -0.05) is 25.1 Å². The van der Waals surface area contributed by atoms with Gasteiger partial charge in [0.25, 0.3) is 0 Å². The number of nitrogens with zero attached hydrogens (tertiary/aromatic N) is 3. The van der Waals surface area contributed by atoms with Gasteiger partial charge in [-0.2, -0.15) is 0 Å². The summed E-state index contributed by atoms with van der Waals surface area (Å²) in [6, 6.07) is 11.3. The van der Waals surface area contributed by atoms with Gasteiger partial charge in [0.15, 0.2) is 0 Å². The number of ether oxygens (including phenoxy) is 1. The quantitative estimate of drug-likeness (QED) is 0.670. The molecule has 2 atom stereocenters. The number of pyridine rings is 1. The number of likely N-dealkylation sites (N-methyl/N-ethyl adjacent to an activating group) is 1. The number of anilines is 1. The molecule has 166 valence electrons. The van der Waals surface area contributed by atoms with Crippen LogP contribution >= 0.6 is 0 Å². The molecule has 1 aliphatic rings. The van der Waals surface area contributed by atoms with E-state index in [9.17, 15) is 9.59 Å². The van der Waals surface area contributed by atoms with Crippen LogP contribution in [0.5, 0.6) is 0 Å². The number of benzene rings is 1. The first-order valence-corrected chi connectivity index (χ1v) is 10.8. The Balaban J connectivity index is 1.46. The maximum Gasteiger partial charge on any atom is 0.243 e. The zero-order valence-electron chi connectivity index (χ0n) is 18.6. The molecule has 0 saturated carbocycles. The standard InChI is InChI=1S/C24H32N4O3/c1-4-20-7-5-6-8-22(20)26-23(29)16-27(3)24(30)18(2)28-14-11-21(15-28)31-17-19-9-12-25-13-10-19/h5-10,12-13,18,21H,4,11,14-17H2,1-3H3,(H,26,29)/t18-,21-/m0/s1. The third-order valence-electron chi connectivity index (χ3n) is 5.75. The van der Waals surface area contributed by atoms with Crippen LogP contribution in [-0.4, -0.2) is 65.4 Å². The molecule has 1 N–H and O–H groups in total. The number of rotatable bonds is 9. The van der Waals surface area contributed by atoms with Crippen molar-refractivity contribution in [2.75, 3.05) is 32.0 Å². The third kappa shape index (κ3) is 6.35. The molecule has 7 heteroatoms. The van der Waals surface area contributed by atoms with Crippen LogP contribution < -0.4 is 5.32 Å². The first-order valence-electron chi connectivity index (χ1n) is 10.8. The highest BCUT2D eigenvalue weighted by Crippen LogP contribution is 2.19. The Morgan fingerprint density at radius 2 is 2.00 bits per heavy atom. The van der Waals surface area contributed by atoms with Crippen LogP contribution in [0.2, 0.25) is 0 Å². The molecule has 1 aliphatic heterocycles. The number of carbonyl (C=O) groups excluding carboxylic acids is 2. The molecule has 7 nitrogen and oxygen atoms in total. The summed E-state index contributed by atoms with van der Waals surface area (Å²) in [6.07, 6.45) is 5.34. The number of aromatic nitrogens is 1. The van der Waals surface area contributed by atoms with Crippen molar-refractivity contribution < 1.29 is 14.3 Å². The lowest BCUT2D eigenvalue weighted by Crippen LogP contribution is -2.47. The smallest absolute Gasteiger partial charge is 0.243 e. The zero-order chi connectivity index (χ0) is 22.2. The number of likely N-dealkylation sites (tertiary alicyclic amines) is 1. The zero-order valence-corrected chi connectivity index (χ0v) is 18.6. The molecular formula is C24H32N4O3. The molecule has 1 aromatic heterocycles. The third-order valence-corrected chi connectivity index (χ3v) is 5.75. The molecule has 0 unspecified atom stereocenters. The second kappa shape index (κ2) is 11.0. The highest BCUT2D eigenvalue weighted by Gasteiger charge is 2.31. The first kappa shape index (κ1) is 22.9. The molecule has 0 aliphatic carbocycles. The Morgan fingerprint density at radius 3 is 2.74 bits per heavy atom. The molecule has 2 heterocycles. The summed E-state index contributed by atoms with van der Waals surface area (Å²) in [6.45, 7) is 6.03. The van der Waals surface area contributed by atoms with Gasteiger partial charge in [0, 0.05) is 38.2 Å². The van der Waals surface area contributed by atoms with Crippen molar-refractivity contribution in [1.82, 2.24) is 14.8 Å². The highest BCUT2D eigenvalue weighted by atomic mass is 16.5. The van der Waals surface area contributed by atoms with Gasteiger partial charge in [-0.25, -0.2) is 0 Å². The Morgan fingerprint density at radius 1 is 1.26 bits per heavy atom. The van der Waals surface area contributed by atoms with E-state index in [0.717, 1.165) is 36.2 Å². The molecule has 0 radical (unpaired) electrons. The number of carbonyl (C=O) groups is 2. The van der Waals surface area contributed by atoms with Gasteiger partial charge in [0.2, 0.25) is 11.8 Å². The molecule has 3 rings (SSSR count). The van der Waals surface area contributed by atoms with Crippen LogP contribution in [0.4, 0.5) is 5.69 Å². The minimum atomic E-state index is -0.296. The van der Waals surface area contributed by atoms with Crippen molar-refractivity contribution in [2.45, 2.75) is 45.4 Å². The lowest BCUT2D eigenvalue weighted by Gasteiger charge is -2.27. The van der Waals surface area contributed by atoms with Gasteiger partial charge in [-0.3, -0.25) is 19.5 Å². The molecule has 31 heavy (non-hydrogen) atoms. The monoisotopic (exact) mass is 424 g/mol. The molecule has 0 bridgehead atoms. The fourth-order valence-electron chi connectivity index (χ4n) is 3.84. The van der Waals surface area contributed by atoms with E-state index in [1.807, 2.05) is 50.2 Å². The molecule has 0 spiro atoms. The molecule has 2 amide bonds. The van der Waals surface area contributed by atoms with Crippen LogP contribution in [0.15, 0.2) is 48.8 Å². The normalized spacial score (nSPS) is 17.3. The first-order chi connectivity index (χ1) is 15.0. The lowest BCUT2D eigenvalue weighted by molar-refractivity contribution is -0.137. The van der Waals surface area contributed by atoms with E-state index in [1.165, 1.54) is 4.90 Å². The minimum Gasteiger partial charge on any atom is -0.372 e. The van der Waals surface area contributed by atoms with Crippen LogP contribution in [0.1, 0.15) is 31.4 Å². The van der Waals surface area contributed by atoms with Gasteiger partial charge in [0.05, 0.1) is 25.3 Å². The number of hydrogen-bond donors (Lipinski definition) is 1. The maximum absolute atomic E-state index is 12.9. The van der Waals surface area contributed by atoms with Crippen LogP contribution in [-0.2, 0) is 27.4 Å². The average Bonchev–Trinajstić information content (AvgIpc) is 3.26. The van der Waals surface area contributed by atoms with E-state index in [-0.39, 0.29) is 30.5 Å². The predicted octanol–water partition coefficient (Wildman–Crippen LogP) is 2.72. The SMILES string of the molecule is CCc1ccccc1NC(=O)CN(C)C(=O)[C@H](C)N1CC[C@H](OCc2ccncc2)C1. The van der Waals surface area contributed by atoms with Gasteiger partial charge in [0.1, 0.15) is 0 Å². The van der Waals surface area contributed by atoms with E-state index in [4.69, 9.17) is 4.74 Å². The van der Waals surface area contributed by atoms with Crippen LogP contribution in [0.25, 0.3) is 0 Å². The fraction of sp³-hybridized carbons (Fsp3) is 0.458. The fourth-order valence-corrected chi connectivity index (χ4v) is 3.84. The number of nitrogens with one attached hydrogen (secondary N) is 1. The van der Waals surface area contributed by atoms with Crippen molar-refractivity contribution in [3.63, 3.8) is 0 Å². The second-order valence-corrected chi connectivity index (χ2v) is 8.00. The molecule has 2 aromatic rings. The maximum atomic E-state index is 12.9. The molecule has 1 aromatic carbocycles. The average molecular weight is 425 g/mol. The van der Waals surface area contributed by atoms with Crippen LogP contribution in [0.3, 0.4) is 0 Å².